The van der Waals surface area contributed by atoms with Crippen LogP contribution in [0.1, 0.15) is 24.6 Å². The molecule has 1 amide bonds. The Kier molecular flexibility index (Phi) is 3.69. The van der Waals surface area contributed by atoms with Crippen molar-refractivity contribution in [3.8, 4) is 0 Å². The average Bonchev–Trinajstić information content (AvgIpc) is 2.57. The first-order chi connectivity index (χ1) is 8.86. The maximum absolute atomic E-state index is 11.9. The number of hydrogen-bond acceptors (Lipinski definition) is 3. The zero-order valence-corrected chi connectivity index (χ0v) is 12.1. The first-order valence-corrected chi connectivity index (χ1v) is 6.62. The summed E-state index contributed by atoms with van der Waals surface area (Å²) in [6.07, 6.45) is 3.81. The number of amides is 1. The molecule has 1 aromatic rings. The number of aromatic nitrogens is 2. The number of nitrogens with zero attached hydrogens (tertiary/aromatic N) is 3. The lowest BCUT2D eigenvalue weighted by molar-refractivity contribution is -0.150. The standard InChI is InChI=1S/C13H18ClN3O2/c1-4-13(19)7-17(8-13)11(18)6-5-10-9(2)15-16(3)12(10)14/h5-6,19H,4,7-8H2,1-3H3. The van der Waals surface area contributed by atoms with E-state index in [1.165, 1.54) is 6.08 Å². The maximum Gasteiger partial charge on any atom is 0.246 e. The van der Waals surface area contributed by atoms with E-state index in [4.69, 9.17) is 11.6 Å². The Labute approximate surface area is 117 Å². The molecule has 0 unspecified atom stereocenters. The minimum atomic E-state index is -0.703. The van der Waals surface area contributed by atoms with Crippen molar-refractivity contribution in [2.75, 3.05) is 13.1 Å². The van der Waals surface area contributed by atoms with Gasteiger partial charge < -0.3 is 10.0 Å². The molecule has 1 aromatic heterocycles. The molecule has 2 heterocycles. The minimum absolute atomic E-state index is 0.113. The zero-order chi connectivity index (χ0) is 14.2. The Bertz CT molecular complexity index is 530. The molecule has 6 heteroatoms. The van der Waals surface area contributed by atoms with Crippen molar-refractivity contribution in [1.29, 1.82) is 0 Å². The van der Waals surface area contributed by atoms with Crippen LogP contribution < -0.4 is 0 Å². The normalized spacial score (nSPS) is 17.8. The van der Waals surface area contributed by atoms with Crippen LogP contribution in [0.2, 0.25) is 5.15 Å². The number of aliphatic hydroxyl groups is 1. The monoisotopic (exact) mass is 283 g/mol. The van der Waals surface area contributed by atoms with Crippen LogP contribution in [0, 0.1) is 6.92 Å². The summed E-state index contributed by atoms with van der Waals surface area (Å²) in [5.41, 5.74) is 0.833. The van der Waals surface area contributed by atoms with E-state index in [2.05, 4.69) is 5.10 Å². The number of aryl methyl sites for hydroxylation is 2. The Morgan fingerprint density at radius 2 is 2.21 bits per heavy atom. The van der Waals surface area contributed by atoms with Crippen LogP contribution in [0.5, 0.6) is 0 Å². The first-order valence-electron chi connectivity index (χ1n) is 6.25. The lowest BCUT2D eigenvalue weighted by atomic mass is 9.91. The fourth-order valence-corrected chi connectivity index (χ4v) is 2.38. The van der Waals surface area contributed by atoms with Crippen molar-refractivity contribution >= 4 is 23.6 Å². The van der Waals surface area contributed by atoms with Crippen LogP contribution in [0.25, 0.3) is 6.08 Å². The topological polar surface area (TPSA) is 58.4 Å². The second-order valence-corrected chi connectivity index (χ2v) is 5.38. The molecule has 1 fully saturated rings. The highest BCUT2D eigenvalue weighted by Crippen LogP contribution is 2.25. The molecule has 0 aromatic carbocycles. The molecule has 19 heavy (non-hydrogen) atoms. The van der Waals surface area contributed by atoms with Gasteiger partial charge in [0.05, 0.1) is 24.4 Å². The molecule has 0 bridgehead atoms. The Morgan fingerprint density at radius 1 is 1.58 bits per heavy atom. The molecule has 1 N–H and O–H groups in total. The molecule has 104 valence electrons. The number of β-amino-alcohol motifs (C(OH)–C–C–N with tert-alkyl or cyclic N) is 1. The van der Waals surface area contributed by atoms with Crippen molar-refractivity contribution in [3.63, 3.8) is 0 Å². The van der Waals surface area contributed by atoms with Gasteiger partial charge in [-0.15, -0.1) is 0 Å². The summed E-state index contributed by atoms with van der Waals surface area (Å²) in [5.74, 6) is -0.113. The molecule has 1 aliphatic rings. The van der Waals surface area contributed by atoms with Crippen LogP contribution in [0.3, 0.4) is 0 Å². The smallest absolute Gasteiger partial charge is 0.246 e. The van der Waals surface area contributed by atoms with Crippen molar-refractivity contribution in [3.05, 3.63) is 22.5 Å². The summed E-state index contributed by atoms with van der Waals surface area (Å²) >= 11 is 6.08. The van der Waals surface area contributed by atoms with Crippen molar-refractivity contribution in [1.82, 2.24) is 14.7 Å². The van der Waals surface area contributed by atoms with Gasteiger partial charge in [-0.25, -0.2) is 0 Å². The summed E-state index contributed by atoms with van der Waals surface area (Å²) in [5, 5.41) is 14.5. The van der Waals surface area contributed by atoms with Crippen molar-refractivity contribution in [2.45, 2.75) is 25.9 Å². The number of likely N-dealkylation sites (tertiary alicyclic amines) is 1. The van der Waals surface area contributed by atoms with E-state index in [0.717, 1.165) is 11.3 Å². The molecule has 1 aliphatic heterocycles. The van der Waals surface area contributed by atoms with Gasteiger partial charge in [-0.1, -0.05) is 18.5 Å². The second kappa shape index (κ2) is 4.98. The molecular weight excluding hydrogens is 266 g/mol. The highest BCUT2D eigenvalue weighted by atomic mass is 35.5. The lowest BCUT2D eigenvalue weighted by Crippen LogP contribution is -2.62. The van der Waals surface area contributed by atoms with Gasteiger partial charge in [-0.05, 0) is 19.4 Å². The molecule has 0 aliphatic carbocycles. The van der Waals surface area contributed by atoms with Crippen LogP contribution in [0.15, 0.2) is 6.08 Å². The molecule has 1 saturated heterocycles. The zero-order valence-electron chi connectivity index (χ0n) is 11.4. The average molecular weight is 284 g/mol. The van der Waals surface area contributed by atoms with E-state index in [9.17, 15) is 9.90 Å². The minimum Gasteiger partial charge on any atom is -0.386 e. The summed E-state index contributed by atoms with van der Waals surface area (Å²) < 4.78 is 1.57. The predicted molar refractivity (Wildman–Crippen MR) is 73.8 cm³/mol. The number of carbonyl (C=O) groups excluding carboxylic acids is 1. The Morgan fingerprint density at radius 3 is 2.68 bits per heavy atom. The van der Waals surface area contributed by atoms with Crippen LogP contribution in [-0.2, 0) is 11.8 Å². The summed E-state index contributed by atoms with van der Waals surface area (Å²) in [4.78, 5) is 13.5. The highest BCUT2D eigenvalue weighted by molar-refractivity contribution is 6.31. The third-order valence-electron chi connectivity index (χ3n) is 3.53. The van der Waals surface area contributed by atoms with Gasteiger partial charge in [0.2, 0.25) is 5.91 Å². The van der Waals surface area contributed by atoms with Gasteiger partial charge >= 0.3 is 0 Å². The summed E-state index contributed by atoms with van der Waals surface area (Å²) in [6, 6.07) is 0. The number of hydrogen-bond donors (Lipinski definition) is 1. The van der Waals surface area contributed by atoms with Gasteiger partial charge in [0.25, 0.3) is 0 Å². The maximum atomic E-state index is 11.9. The van der Waals surface area contributed by atoms with Gasteiger partial charge in [0.15, 0.2) is 0 Å². The van der Waals surface area contributed by atoms with E-state index in [-0.39, 0.29) is 5.91 Å². The van der Waals surface area contributed by atoms with Gasteiger partial charge in [-0.2, -0.15) is 5.10 Å². The molecular formula is C13H18ClN3O2. The SMILES string of the molecule is CCC1(O)CN(C(=O)C=Cc2c(C)nn(C)c2Cl)C1. The number of carbonyl (C=O) groups is 1. The largest absolute Gasteiger partial charge is 0.386 e. The predicted octanol–water partition coefficient (Wildman–Crippen LogP) is 1.38. The third-order valence-corrected chi connectivity index (χ3v) is 3.98. The quantitative estimate of drug-likeness (QED) is 0.853. The molecule has 0 atom stereocenters. The second-order valence-electron chi connectivity index (χ2n) is 5.02. The molecule has 0 saturated carbocycles. The van der Waals surface area contributed by atoms with Crippen LogP contribution in [-0.4, -0.2) is 44.4 Å². The van der Waals surface area contributed by atoms with E-state index in [1.54, 1.807) is 22.7 Å². The molecule has 0 radical (unpaired) electrons. The summed E-state index contributed by atoms with van der Waals surface area (Å²) in [6.45, 7) is 4.55. The molecule has 2 rings (SSSR count). The fraction of sp³-hybridized carbons (Fsp3) is 0.538. The van der Waals surface area contributed by atoms with E-state index < -0.39 is 5.60 Å². The van der Waals surface area contributed by atoms with E-state index in [0.29, 0.717) is 24.7 Å². The van der Waals surface area contributed by atoms with E-state index >= 15 is 0 Å². The third kappa shape index (κ3) is 2.67. The van der Waals surface area contributed by atoms with Gasteiger partial charge in [0, 0.05) is 18.7 Å². The number of rotatable bonds is 3. The fourth-order valence-electron chi connectivity index (χ4n) is 2.14. The molecule has 0 spiro atoms. The van der Waals surface area contributed by atoms with Crippen LogP contribution >= 0.6 is 11.6 Å². The summed E-state index contributed by atoms with van der Waals surface area (Å²) in [7, 11) is 1.76. The Hall–Kier alpha value is -1.33. The highest BCUT2D eigenvalue weighted by Gasteiger charge is 2.41. The Balaban J connectivity index is 2.02. The number of halogens is 1. The molecule has 5 nitrogen and oxygen atoms in total. The van der Waals surface area contributed by atoms with E-state index in [1.807, 2.05) is 13.8 Å². The van der Waals surface area contributed by atoms with Crippen LogP contribution in [0.4, 0.5) is 0 Å². The van der Waals surface area contributed by atoms with Crippen molar-refractivity contribution in [2.24, 2.45) is 7.05 Å². The van der Waals surface area contributed by atoms with Gasteiger partial charge in [-0.3, -0.25) is 9.48 Å². The van der Waals surface area contributed by atoms with Crippen molar-refractivity contribution < 1.29 is 9.90 Å². The lowest BCUT2D eigenvalue weighted by Gasteiger charge is -2.45. The van der Waals surface area contributed by atoms with Gasteiger partial charge in [0.1, 0.15) is 5.15 Å². The first kappa shape index (κ1) is 14.1.